The van der Waals surface area contributed by atoms with Crippen LogP contribution < -0.4 is 10.6 Å². The number of aliphatic hydroxyl groups excluding tert-OH is 2. The van der Waals surface area contributed by atoms with Gasteiger partial charge in [0, 0.05) is 0 Å². The minimum Gasteiger partial charge on any atom is -0.375 e. The smallest absolute Gasteiger partial charge is 0.183 e. The Labute approximate surface area is 46.8 Å². The molecule has 0 saturated carbocycles. The van der Waals surface area contributed by atoms with E-state index in [-0.39, 0.29) is 0 Å². The number of rotatable bonds is 0. The predicted octanol–water partition coefficient (Wildman–Crippen LogP) is -1.71. The summed E-state index contributed by atoms with van der Waals surface area (Å²) >= 11 is 0. The lowest BCUT2D eigenvalue weighted by atomic mass is 10.5. The van der Waals surface area contributed by atoms with Crippen molar-refractivity contribution in [2.75, 3.05) is 0 Å². The van der Waals surface area contributed by atoms with Crippen LogP contribution >= 0.6 is 0 Å². The zero-order valence-corrected chi connectivity index (χ0v) is 4.20. The molecule has 0 aromatic rings. The van der Waals surface area contributed by atoms with Crippen LogP contribution in [0.25, 0.3) is 0 Å². The minimum atomic E-state index is -0.824. The summed E-state index contributed by atoms with van der Waals surface area (Å²) in [5.41, 5.74) is 0. The van der Waals surface area contributed by atoms with Crippen LogP contribution in [0.5, 0.6) is 0 Å². The molecule has 46 valence electrons. The van der Waals surface area contributed by atoms with Gasteiger partial charge in [-0.25, -0.2) is 5.32 Å². The monoisotopic (exact) mass is 116 g/mol. The molecule has 0 aromatic carbocycles. The van der Waals surface area contributed by atoms with Gasteiger partial charge >= 0.3 is 0 Å². The second-order valence-electron chi connectivity index (χ2n) is 1.54. The fourth-order valence-electron chi connectivity index (χ4n) is 0.503. The summed E-state index contributed by atoms with van der Waals surface area (Å²) in [5.74, 6) is 0. The van der Waals surface area contributed by atoms with E-state index in [9.17, 15) is 0 Å². The van der Waals surface area contributed by atoms with Crippen LogP contribution in [0.15, 0.2) is 12.3 Å². The van der Waals surface area contributed by atoms with Gasteiger partial charge in [0.05, 0.1) is 0 Å². The Morgan fingerprint density at radius 3 is 2.50 bits per heavy atom. The molecule has 0 aliphatic carbocycles. The quantitative estimate of drug-likeness (QED) is 0.304. The summed E-state index contributed by atoms with van der Waals surface area (Å²) in [7, 11) is 0. The van der Waals surface area contributed by atoms with Gasteiger partial charge in [-0.3, -0.25) is 0 Å². The van der Waals surface area contributed by atoms with E-state index in [0.717, 1.165) is 0 Å². The van der Waals surface area contributed by atoms with Crippen molar-refractivity contribution in [2.24, 2.45) is 0 Å². The summed E-state index contributed by atoms with van der Waals surface area (Å²) in [6.45, 7) is 0. The highest BCUT2D eigenvalue weighted by Gasteiger charge is 2.08. The Morgan fingerprint density at radius 1 is 1.38 bits per heavy atom. The minimum absolute atomic E-state index is 0.730. The lowest BCUT2D eigenvalue weighted by molar-refractivity contribution is 0.0431. The van der Waals surface area contributed by atoms with Crippen molar-refractivity contribution in [1.29, 1.82) is 0 Å². The first kappa shape index (κ1) is 5.55. The van der Waals surface area contributed by atoms with E-state index in [1.54, 1.807) is 0 Å². The summed E-state index contributed by atoms with van der Waals surface area (Å²) in [6.07, 6.45) is 1.43. The molecule has 0 saturated heterocycles. The maximum atomic E-state index is 8.68. The second kappa shape index (κ2) is 2.13. The van der Waals surface area contributed by atoms with Crippen molar-refractivity contribution in [1.82, 2.24) is 10.6 Å². The SMILES string of the molecule is OC1C=CNC(O)N1. The maximum Gasteiger partial charge on any atom is 0.183 e. The molecule has 2 atom stereocenters. The molecule has 4 N–H and O–H groups in total. The van der Waals surface area contributed by atoms with Gasteiger partial charge < -0.3 is 15.5 Å². The first-order valence-corrected chi connectivity index (χ1v) is 2.34. The van der Waals surface area contributed by atoms with Crippen LogP contribution in [0.1, 0.15) is 0 Å². The van der Waals surface area contributed by atoms with E-state index < -0.39 is 12.6 Å². The number of hydrogen-bond donors (Lipinski definition) is 4. The molecule has 4 heteroatoms. The summed E-state index contributed by atoms with van der Waals surface area (Å²) in [6, 6.07) is 0. The van der Waals surface area contributed by atoms with Gasteiger partial charge in [0.1, 0.15) is 6.23 Å². The van der Waals surface area contributed by atoms with Crippen molar-refractivity contribution < 1.29 is 10.2 Å². The van der Waals surface area contributed by atoms with Crippen molar-refractivity contribution in [2.45, 2.75) is 12.6 Å². The lowest BCUT2D eigenvalue weighted by Crippen LogP contribution is -2.47. The molecule has 1 heterocycles. The van der Waals surface area contributed by atoms with Gasteiger partial charge in [-0.2, -0.15) is 0 Å². The van der Waals surface area contributed by atoms with Crippen LogP contribution in [0.4, 0.5) is 0 Å². The molecule has 2 unspecified atom stereocenters. The Morgan fingerprint density at radius 2 is 2.12 bits per heavy atom. The van der Waals surface area contributed by atoms with Gasteiger partial charge in [0.15, 0.2) is 6.35 Å². The highest BCUT2D eigenvalue weighted by molar-refractivity contribution is 4.90. The highest BCUT2D eigenvalue weighted by Crippen LogP contribution is 1.86. The molecule has 0 bridgehead atoms. The lowest BCUT2D eigenvalue weighted by Gasteiger charge is -2.19. The number of nitrogens with one attached hydrogen (secondary N) is 2. The Balaban J connectivity index is 2.42. The van der Waals surface area contributed by atoms with Gasteiger partial charge in [0.25, 0.3) is 0 Å². The Bertz CT molecular complexity index is 104. The number of hydrogen-bond acceptors (Lipinski definition) is 4. The van der Waals surface area contributed by atoms with Crippen LogP contribution in [-0.4, -0.2) is 22.8 Å². The van der Waals surface area contributed by atoms with E-state index in [0.29, 0.717) is 0 Å². The molecule has 1 aliphatic heterocycles. The molecule has 1 rings (SSSR count). The third-order valence-corrected chi connectivity index (χ3v) is 0.861. The van der Waals surface area contributed by atoms with E-state index in [4.69, 9.17) is 10.2 Å². The maximum absolute atomic E-state index is 8.68. The average Bonchev–Trinajstić information content (AvgIpc) is 1.64. The summed E-state index contributed by atoms with van der Waals surface area (Å²) in [5, 5.41) is 22.2. The number of aliphatic hydroxyl groups is 2. The first-order chi connectivity index (χ1) is 3.79. The summed E-state index contributed by atoms with van der Waals surface area (Å²) < 4.78 is 0. The van der Waals surface area contributed by atoms with Gasteiger partial charge in [-0.1, -0.05) is 0 Å². The normalized spacial score (nSPS) is 36.8. The van der Waals surface area contributed by atoms with Crippen LogP contribution in [0.2, 0.25) is 0 Å². The molecule has 0 radical (unpaired) electrons. The largest absolute Gasteiger partial charge is 0.375 e. The molecule has 8 heavy (non-hydrogen) atoms. The first-order valence-electron chi connectivity index (χ1n) is 2.34. The van der Waals surface area contributed by atoms with Gasteiger partial charge in [-0.05, 0) is 12.3 Å². The molecular formula is C4H8N2O2. The molecular weight excluding hydrogens is 108 g/mol. The third kappa shape index (κ3) is 1.19. The molecule has 0 spiro atoms. The third-order valence-electron chi connectivity index (χ3n) is 0.861. The van der Waals surface area contributed by atoms with Crippen LogP contribution in [-0.2, 0) is 0 Å². The standard InChI is InChI=1S/C4H8N2O2/c7-3-1-2-5-4(8)6-3/h1-8H. The Kier molecular flexibility index (Phi) is 1.48. The molecule has 0 fully saturated rings. The van der Waals surface area contributed by atoms with E-state index in [1.165, 1.54) is 12.3 Å². The molecule has 0 amide bonds. The Hall–Kier alpha value is -0.580. The molecule has 1 aliphatic rings. The van der Waals surface area contributed by atoms with Crippen molar-refractivity contribution in [3.63, 3.8) is 0 Å². The second-order valence-corrected chi connectivity index (χ2v) is 1.54. The zero-order chi connectivity index (χ0) is 5.98. The summed E-state index contributed by atoms with van der Waals surface area (Å²) in [4.78, 5) is 0. The van der Waals surface area contributed by atoms with Crippen LogP contribution in [0.3, 0.4) is 0 Å². The predicted molar refractivity (Wildman–Crippen MR) is 27.4 cm³/mol. The van der Waals surface area contributed by atoms with E-state index in [2.05, 4.69) is 10.6 Å². The van der Waals surface area contributed by atoms with Gasteiger partial charge in [0.2, 0.25) is 0 Å². The van der Waals surface area contributed by atoms with Crippen molar-refractivity contribution in [3.8, 4) is 0 Å². The van der Waals surface area contributed by atoms with Gasteiger partial charge in [-0.15, -0.1) is 0 Å². The average molecular weight is 116 g/mol. The van der Waals surface area contributed by atoms with E-state index in [1.807, 2.05) is 0 Å². The fourth-order valence-corrected chi connectivity index (χ4v) is 0.503. The fraction of sp³-hybridized carbons (Fsp3) is 0.500. The van der Waals surface area contributed by atoms with E-state index >= 15 is 0 Å². The zero-order valence-electron chi connectivity index (χ0n) is 4.20. The van der Waals surface area contributed by atoms with Crippen molar-refractivity contribution >= 4 is 0 Å². The van der Waals surface area contributed by atoms with Crippen molar-refractivity contribution in [3.05, 3.63) is 12.3 Å². The molecule has 4 nitrogen and oxygen atoms in total. The van der Waals surface area contributed by atoms with Crippen LogP contribution in [0, 0.1) is 0 Å². The highest BCUT2D eigenvalue weighted by atomic mass is 16.3. The molecule has 0 aromatic heterocycles. The topological polar surface area (TPSA) is 64.5 Å².